The van der Waals surface area contributed by atoms with E-state index in [0.29, 0.717) is 17.2 Å². The molecule has 0 radical (unpaired) electrons. The first kappa shape index (κ1) is 17.8. The Balaban J connectivity index is 1.58. The van der Waals surface area contributed by atoms with Crippen LogP contribution in [0, 0.1) is 13.8 Å². The van der Waals surface area contributed by atoms with E-state index in [9.17, 15) is 4.79 Å². The summed E-state index contributed by atoms with van der Waals surface area (Å²) in [4.78, 5) is 12.7. The fourth-order valence-corrected chi connectivity index (χ4v) is 3.86. The number of nitrogens with zero attached hydrogens (tertiary/aromatic N) is 2. The number of thioether (sulfide) groups is 1. The number of benzene rings is 2. The maximum absolute atomic E-state index is 12.7. The van der Waals surface area contributed by atoms with Gasteiger partial charge in [-0.3, -0.25) is 4.79 Å². The van der Waals surface area contributed by atoms with Crippen LogP contribution in [0.1, 0.15) is 34.8 Å². The molecule has 0 saturated heterocycles. The summed E-state index contributed by atoms with van der Waals surface area (Å²) in [7, 11) is 0. The highest BCUT2D eigenvalue weighted by atomic mass is 32.2. The molecule has 1 heterocycles. The lowest BCUT2D eigenvalue weighted by Crippen LogP contribution is -2.29. The number of hydrogen-bond donors (Lipinski definition) is 1. The van der Waals surface area contributed by atoms with E-state index in [1.54, 1.807) is 0 Å². The van der Waals surface area contributed by atoms with Crippen molar-refractivity contribution in [3.8, 4) is 11.5 Å². The van der Waals surface area contributed by atoms with Gasteiger partial charge in [-0.05, 0) is 56.1 Å². The van der Waals surface area contributed by atoms with Crippen molar-refractivity contribution in [2.75, 3.05) is 0 Å². The van der Waals surface area contributed by atoms with E-state index in [1.165, 1.54) is 11.8 Å². The van der Waals surface area contributed by atoms with E-state index < -0.39 is 5.25 Å². The van der Waals surface area contributed by atoms with Gasteiger partial charge in [0.15, 0.2) is 0 Å². The Labute approximate surface area is 162 Å². The SMILES string of the molecule is Cc1cc(C)cc(-c2nnc(S[C@H](C(=O)NC3CC3)c3ccccc3)o2)c1. The van der Waals surface area contributed by atoms with Crippen molar-refractivity contribution in [2.24, 2.45) is 0 Å². The lowest BCUT2D eigenvalue weighted by molar-refractivity contribution is -0.120. The normalized spacial score (nSPS) is 14.7. The summed E-state index contributed by atoms with van der Waals surface area (Å²) < 4.78 is 5.86. The molecular weight excluding hydrogens is 358 g/mol. The quantitative estimate of drug-likeness (QED) is 0.640. The standard InChI is InChI=1S/C21H21N3O2S/c1-13-10-14(2)12-16(11-13)20-23-24-21(26-20)27-18(15-6-4-3-5-7-15)19(25)22-17-8-9-17/h3-7,10-12,17-18H,8-9H2,1-2H3,(H,22,25)/t18-/m0/s1. The highest BCUT2D eigenvalue weighted by molar-refractivity contribution is 8.00. The van der Waals surface area contributed by atoms with Gasteiger partial charge in [0.1, 0.15) is 5.25 Å². The predicted molar refractivity (Wildman–Crippen MR) is 105 cm³/mol. The molecule has 1 atom stereocenters. The molecule has 1 aliphatic carbocycles. The Morgan fingerprint density at radius 3 is 2.48 bits per heavy atom. The highest BCUT2D eigenvalue weighted by Gasteiger charge is 2.30. The summed E-state index contributed by atoms with van der Waals surface area (Å²) in [6.45, 7) is 4.08. The summed E-state index contributed by atoms with van der Waals surface area (Å²) in [6.07, 6.45) is 2.10. The number of hydrogen-bond acceptors (Lipinski definition) is 5. The van der Waals surface area contributed by atoms with Crippen molar-refractivity contribution in [1.82, 2.24) is 15.5 Å². The Morgan fingerprint density at radius 2 is 1.81 bits per heavy atom. The minimum Gasteiger partial charge on any atom is -0.411 e. The summed E-state index contributed by atoms with van der Waals surface area (Å²) in [5.74, 6) is 0.457. The summed E-state index contributed by atoms with van der Waals surface area (Å²) >= 11 is 1.29. The zero-order chi connectivity index (χ0) is 18.8. The maximum atomic E-state index is 12.7. The second-order valence-electron chi connectivity index (χ2n) is 6.94. The largest absolute Gasteiger partial charge is 0.411 e. The number of nitrogens with one attached hydrogen (secondary N) is 1. The second kappa shape index (κ2) is 7.56. The number of aromatic nitrogens is 2. The lowest BCUT2D eigenvalue weighted by Gasteiger charge is -2.14. The average molecular weight is 379 g/mol. The summed E-state index contributed by atoms with van der Waals surface area (Å²) in [5.41, 5.74) is 4.10. The predicted octanol–water partition coefficient (Wildman–Crippen LogP) is 4.47. The topological polar surface area (TPSA) is 68.0 Å². The van der Waals surface area contributed by atoms with Gasteiger partial charge in [-0.2, -0.15) is 0 Å². The Bertz CT molecular complexity index is 931. The first-order valence-electron chi connectivity index (χ1n) is 9.02. The van der Waals surface area contributed by atoms with Gasteiger partial charge in [0.2, 0.25) is 11.8 Å². The number of carbonyl (C=O) groups is 1. The third-order valence-electron chi connectivity index (χ3n) is 4.36. The van der Waals surface area contributed by atoms with Crippen LogP contribution in [0.15, 0.2) is 58.2 Å². The minimum absolute atomic E-state index is 0.0140. The van der Waals surface area contributed by atoms with Gasteiger partial charge < -0.3 is 9.73 Å². The molecule has 4 rings (SSSR count). The smallest absolute Gasteiger partial charge is 0.277 e. The van der Waals surface area contributed by atoms with E-state index in [4.69, 9.17) is 4.42 Å². The number of aryl methyl sites for hydroxylation is 2. The second-order valence-corrected chi connectivity index (χ2v) is 8.00. The molecule has 0 spiro atoms. The van der Waals surface area contributed by atoms with Gasteiger partial charge in [0.05, 0.1) is 0 Å². The first-order chi connectivity index (χ1) is 13.1. The van der Waals surface area contributed by atoms with E-state index in [1.807, 2.05) is 56.3 Å². The van der Waals surface area contributed by atoms with Crippen LogP contribution in [-0.4, -0.2) is 22.1 Å². The van der Waals surface area contributed by atoms with Crippen molar-refractivity contribution in [3.63, 3.8) is 0 Å². The molecule has 1 amide bonds. The molecule has 1 N–H and O–H groups in total. The summed E-state index contributed by atoms with van der Waals surface area (Å²) in [5, 5.41) is 11.4. The van der Waals surface area contributed by atoms with Crippen molar-refractivity contribution >= 4 is 17.7 Å². The van der Waals surface area contributed by atoms with Gasteiger partial charge in [0.25, 0.3) is 5.22 Å². The van der Waals surface area contributed by atoms with Crippen LogP contribution >= 0.6 is 11.8 Å². The van der Waals surface area contributed by atoms with Crippen LogP contribution in [0.25, 0.3) is 11.5 Å². The highest BCUT2D eigenvalue weighted by Crippen LogP contribution is 2.36. The van der Waals surface area contributed by atoms with E-state index >= 15 is 0 Å². The average Bonchev–Trinajstić information content (AvgIpc) is 3.33. The van der Waals surface area contributed by atoms with Crippen molar-refractivity contribution in [1.29, 1.82) is 0 Å². The fourth-order valence-electron chi connectivity index (χ4n) is 2.98. The van der Waals surface area contributed by atoms with Crippen LogP contribution in [0.2, 0.25) is 0 Å². The third-order valence-corrected chi connectivity index (χ3v) is 5.45. The van der Waals surface area contributed by atoms with Gasteiger partial charge in [-0.15, -0.1) is 10.2 Å². The molecular formula is C21H21N3O2S. The van der Waals surface area contributed by atoms with E-state index in [2.05, 4.69) is 21.6 Å². The van der Waals surface area contributed by atoms with Gasteiger partial charge in [-0.1, -0.05) is 47.5 Å². The van der Waals surface area contributed by atoms with Crippen LogP contribution in [0.5, 0.6) is 0 Å². The van der Waals surface area contributed by atoms with Crippen LogP contribution < -0.4 is 5.32 Å². The van der Waals surface area contributed by atoms with Gasteiger partial charge >= 0.3 is 0 Å². The van der Waals surface area contributed by atoms with E-state index in [0.717, 1.165) is 35.1 Å². The molecule has 2 aromatic carbocycles. The number of rotatable bonds is 6. The lowest BCUT2D eigenvalue weighted by atomic mass is 10.1. The molecule has 27 heavy (non-hydrogen) atoms. The molecule has 138 valence electrons. The molecule has 0 aliphatic heterocycles. The zero-order valence-electron chi connectivity index (χ0n) is 15.3. The maximum Gasteiger partial charge on any atom is 0.277 e. The third kappa shape index (κ3) is 4.39. The minimum atomic E-state index is -0.417. The van der Waals surface area contributed by atoms with Crippen molar-refractivity contribution in [3.05, 3.63) is 65.2 Å². The molecule has 1 fully saturated rings. The molecule has 1 aliphatic rings. The molecule has 0 bridgehead atoms. The Morgan fingerprint density at radius 1 is 1.11 bits per heavy atom. The zero-order valence-corrected chi connectivity index (χ0v) is 16.1. The fraction of sp³-hybridized carbons (Fsp3) is 0.286. The van der Waals surface area contributed by atoms with Crippen LogP contribution in [-0.2, 0) is 4.79 Å². The molecule has 5 nitrogen and oxygen atoms in total. The number of carbonyl (C=O) groups excluding carboxylic acids is 1. The van der Waals surface area contributed by atoms with Crippen molar-refractivity contribution < 1.29 is 9.21 Å². The molecule has 1 aromatic heterocycles. The molecule has 1 saturated carbocycles. The van der Waals surface area contributed by atoms with Gasteiger partial charge in [0, 0.05) is 11.6 Å². The first-order valence-corrected chi connectivity index (χ1v) is 9.90. The Kier molecular flexibility index (Phi) is 4.99. The summed E-state index contributed by atoms with van der Waals surface area (Å²) in [6, 6.07) is 16.1. The number of amides is 1. The molecule has 6 heteroatoms. The Hall–Kier alpha value is -2.60. The van der Waals surface area contributed by atoms with E-state index in [-0.39, 0.29) is 5.91 Å². The van der Waals surface area contributed by atoms with Crippen LogP contribution in [0.4, 0.5) is 0 Å². The molecule has 0 unspecified atom stereocenters. The monoisotopic (exact) mass is 379 g/mol. The van der Waals surface area contributed by atoms with Crippen LogP contribution in [0.3, 0.4) is 0 Å². The van der Waals surface area contributed by atoms with Crippen molar-refractivity contribution in [2.45, 2.75) is 43.2 Å². The van der Waals surface area contributed by atoms with Gasteiger partial charge in [-0.25, -0.2) is 0 Å². The molecule has 3 aromatic rings.